The molecule has 3 heterocycles. The van der Waals surface area contributed by atoms with Crippen LogP contribution < -0.4 is 5.32 Å². The Kier molecular flexibility index (Phi) is 4.16. The van der Waals surface area contributed by atoms with Gasteiger partial charge in [0.25, 0.3) is 0 Å². The molecule has 2 saturated heterocycles. The molecule has 0 spiro atoms. The van der Waals surface area contributed by atoms with Crippen molar-refractivity contribution >= 4 is 0 Å². The zero-order chi connectivity index (χ0) is 19.4. The summed E-state index contributed by atoms with van der Waals surface area (Å²) in [5, 5.41) is 32.4. The summed E-state index contributed by atoms with van der Waals surface area (Å²) in [5.41, 5.74) is 0.403. The topological polar surface area (TPSA) is 78.3 Å². The molecule has 1 aromatic carbocycles. The van der Waals surface area contributed by atoms with E-state index in [1.165, 1.54) is 6.07 Å². The van der Waals surface area contributed by atoms with Crippen LogP contribution in [0.3, 0.4) is 0 Å². The van der Waals surface area contributed by atoms with Gasteiger partial charge in [0, 0.05) is 17.5 Å². The fourth-order valence-electron chi connectivity index (χ4n) is 4.35. The number of alkyl halides is 3. The maximum Gasteiger partial charge on any atom is 0.416 e. The summed E-state index contributed by atoms with van der Waals surface area (Å²) in [6, 6.07) is 4.47. The highest BCUT2D eigenvalue weighted by molar-refractivity contribution is 5.69. The third kappa shape index (κ3) is 3.06. The first-order valence-corrected chi connectivity index (χ1v) is 8.83. The van der Waals surface area contributed by atoms with E-state index in [-0.39, 0.29) is 11.0 Å². The Hall–Kier alpha value is -2.19. The molecule has 2 aliphatic heterocycles. The second-order valence-electron chi connectivity index (χ2n) is 7.70. The van der Waals surface area contributed by atoms with Crippen LogP contribution in [0.2, 0.25) is 0 Å². The van der Waals surface area contributed by atoms with Gasteiger partial charge in [0.05, 0.1) is 17.0 Å². The lowest BCUT2D eigenvalue weighted by molar-refractivity contribution is -0.137. The van der Waals surface area contributed by atoms with Crippen LogP contribution in [-0.2, 0) is 6.18 Å². The number of aliphatic hydroxyl groups excluding tert-OH is 1. The molecule has 3 aliphatic rings. The minimum Gasteiger partial charge on any atom is -0.507 e. The number of phenols is 1. The number of halogens is 3. The normalized spacial score (nSPS) is 25.7. The van der Waals surface area contributed by atoms with E-state index in [0.29, 0.717) is 28.9 Å². The van der Waals surface area contributed by atoms with Gasteiger partial charge in [-0.15, -0.1) is 5.10 Å². The maximum absolute atomic E-state index is 12.8. The van der Waals surface area contributed by atoms with Crippen LogP contribution in [0.4, 0.5) is 13.2 Å². The molecule has 5 rings (SSSR count). The number of benzene rings is 1. The summed E-state index contributed by atoms with van der Waals surface area (Å²) >= 11 is 0. The predicted octanol–water partition coefficient (Wildman–Crippen LogP) is 3.21. The highest BCUT2D eigenvalue weighted by Gasteiger charge is 2.52. The first kappa shape index (κ1) is 18.2. The van der Waals surface area contributed by atoms with Crippen molar-refractivity contribution in [1.82, 2.24) is 15.5 Å². The average Bonchev–Trinajstić information content (AvgIpc) is 2.60. The number of aromatic hydroxyl groups is 1. The number of phenolic OH excluding ortho intramolecular Hbond substituents is 1. The van der Waals surface area contributed by atoms with Gasteiger partial charge in [0.1, 0.15) is 11.9 Å². The number of piperidine rings is 2. The van der Waals surface area contributed by atoms with Crippen molar-refractivity contribution in [2.45, 2.75) is 32.0 Å². The maximum atomic E-state index is 12.8. The van der Waals surface area contributed by atoms with E-state index in [4.69, 9.17) is 0 Å². The molecule has 1 aromatic heterocycles. The van der Waals surface area contributed by atoms with Gasteiger partial charge in [-0.1, -0.05) is 0 Å². The third-order valence-corrected chi connectivity index (χ3v) is 5.74. The number of aliphatic hydroxyl groups is 1. The molecule has 144 valence electrons. The molecule has 1 unspecified atom stereocenters. The first-order valence-electron chi connectivity index (χ1n) is 8.83. The molecule has 8 heteroatoms. The third-order valence-electron chi connectivity index (χ3n) is 5.74. The summed E-state index contributed by atoms with van der Waals surface area (Å²) in [5.74, 6) is 0.0817. The van der Waals surface area contributed by atoms with Gasteiger partial charge in [-0.3, -0.25) is 0 Å². The van der Waals surface area contributed by atoms with Crippen molar-refractivity contribution in [2.75, 3.05) is 13.1 Å². The summed E-state index contributed by atoms with van der Waals surface area (Å²) < 4.78 is 38.3. The van der Waals surface area contributed by atoms with E-state index in [9.17, 15) is 23.4 Å². The van der Waals surface area contributed by atoms with E-state index in [2.05, 4.69) is 15.5 Å². The largest absolute Gasteiger partial charge is 0.507 e. The monoisotopic (exact) mass is 379 g/mol. The van der Waals surface area contributed by atoms with E-state index < -0.39 is 23.6 Å². The highest BCUT2D eigenvalue weighted by Crippen LogP contribution is 2.54. The fraction of sp³-hybridized carbons (Fsp3) is 0.474. The Morgan fingerprint density at radius 2 is 1.96 bits per heavy atom. The summed E-state index contributed by atoms with van der Waals surface area (Å²) in [6.07, 6.45) is -3.38. The van der Waals surface area contributed by atoms with Gasteiger partial charge in [-0.2, -0.15) is 18.3 Å². The van der Waals surface area contributed by atoms with Gasteiger partial charge in [0.2, 0.25) is 0 Å². The fourth-order valence-corrected chi connectivity index (χ4v) is 4.35. The second-order valence-corrected chi connectivity index (χ2v) is 7.70. The lowest BCUT2D eigenvalue weighted by Gasteiger charge is -2.54. The molecule has 5 nitrogen and oxygen atoms in total. The van der Waals surface area contributed by atoms with Crippen LogP contribution in [0.25, 0.3) is 11.3 Å². The Labute approximate surface area is 154 Å². The molecular formula is C19H20F3N3O2. The number of nitrogens with zero attached hydrogens (tertiary/aromatic N) is 2. The smallest absolute Gasteiger partial charge is 0.416 e. The minimum absolute atomic E-state index is 0.176. The van der Waals surface area contributed by atoms with Gasteiger partial charge in [0.15, 0.2) is 0 Å². The Bertz CT molecular complexity index is 873. The van der Waals surface area contributed by atoms with E-state index in [1.54, 1.807) is 13.0 Å². The highest BCUT2D eigenvalue weighted by atomic mass is 19.4. The molecule has 2 bridgehead atoms. The van der Waals surface area contributed by atoms with Crippen LogP contribution in [0, 0.1) is 18.3 Å². The second kappa shape index (κ2) is 6.17. The molecule has 1 saturated carbocycles. The molecule has 27 heavy (non-hydrogen) atoms. The van der Waals surface area contributed by atoms with E-state index in [1.807, 2.05) is 0 Å². The summed E-state index contributed by atoms with van der Waals surface area (Å²) in [6.45, 7) is 3.44. The molecule has 0 radical (unpaired) electrons. The molecule has 0 amide bonds. The van der Waals surface area contributed by atoms with E-state index in [0.717, 1.165) is 32.0 Å². The zero-order valence-corrected chi connectivity index (χ0v) is 14.7. The number of hydrogen-bond donors (Lipinski definition) is 3. The molecule has 1 atom stereocenters. The number of fused-ring (bicyclic) bond motifs is 2. The standard InChI is InChI=1S/C19H20F3N3O2/c1-10-4-14(17(27)18-6-11(7-18)8-23-9-18)24-25-16(10)13-3-2-12(5-15(13)26)19(20,21)22/h2-5,11,17,23,26-27H,6-9H2,1H3. The summed E-state index contributed by atoms with van der Waals surface area (Å²) in [4.78, 5) is 0. The van der Waals surface area contributed by atoms with Gasteiger partial charge < -0.3 is 15.5 Å². The lowest BCUT2D eigenvalue weighted by Crippen LogP contribution is -2.57. The van der Waals surface area contributed by atoms with Crippen molar-refractivity contribution in [3.8, 4) is 17.0 Å². The van der Waals surface area contributed by atoms with Crippen LogP contribution in [0.5, 0.6) is 5.75 Å². The minimum atomic E-state index is -4.53. The number of hydrogen-bond acceptors (Lipinski definition) is 5. The van der Waals surface area contributed by atoms with Crippen molar-refractivity contribution < 1.29 is 23.4 Å². The number of aromatic nitrogens is 2. The Balaban J connectivity index is 1.63. The van der Waals surface area contributed by atoms with Gasteiger partial charge >= 0.3 is 6.18 Å². The molecule has 1 aliphatic carbocycles. The Morgan fingerprint density at radius 1 is 1.22 bits per heavy atom. The number of aryl methyl sites for hydroxylation is 1. The SMILES string of the molecule is Cc1cc(C(O)C23CNCC(C2)C3)nnc1-c1ccc(C(F)(F)F)cc1O. The average molecular weight is 379 g/mol. The first-order chi connectivity index (χ1) is 12.7. The molecule has 2 aromatic rings. The van der Waals surface area contributed by atoms with Gasteiger partial charge in [-0.25, -0.2) is 0 Å². The Morgan fingerprint density at radius 3 is 2.52 bits per heavy atom. The number of nitrogens with one attached hydrogen (secondary N) is 1. The predicted molar refractivity (Wildman–Crippen MR) is 91.9 cm³/mol. The lowest BCUT2D eigenvalue weighted by atomic mass is 9.56. The van der Waals surface area contributed by atoms with Crippen LogP contribution >= 0.6 is 0 Å². The van der Waals surface area contributed by atoms with Crippen LogP contribution in [0.15, 0.2) is 24.3 Å². The molecular weight excluding hydrogens is 359 g/mol. The quantitative estimate of drug-likeness (QED) is 0.763. The van der Waals surface area contributed by atoms with Crippen LogP contribution in [0.1, 0.15) is 35.8 Å². The van der Waals surface area contributed by atoms with Crippen molar-refractivity contribution in [2.24, 2.45) is 11.3 Å². The van der Waals surface area contributed by atoms with Gasteiger partial charge in [-0.05, 0) is 62.1 Å². The molecule has 3 fully saturated rings. The van der Waals surface area contributed by atoms with Crippen molar-refractivity contribution in [3.05, 3.63) is 41.1 Å². The van der Waals surface area contributed by atoms with E-state index >= 15 is 0 Å². The number of rotatable bonds is 3. The summed E-state index contributed by atoms with van der Waals surface area (Å²) in [7, 11) is 0. The van der Waals surface area contributed by atoms with Crippen molar-refractivity contribution in [1.29, 1.82) is 0 Å². The van der Waals surface area contributed by atoms with Crippen LogP contribution in [-0.4, -0.2) is 33.5 Å². The molecule has 3 N–H and O–H groups in total. The zero-order valence-electron chi connectivity index (χ0n) is 14.7. The van der Waals surface area contributed by atoms with Crippen molar-refractivity contribution in [3.63, 3.8) is 0 Å².